The Labute approximate surface area is 85.0 Å². The van der Waals surface area contributed by atoms with Crippen LogP contribution in [-0.2, 0) is 0 Å². The van der Waals surface area contributed by atoms with Gasteiger partial charge in [-0.15, -0.1) is 0 Å². The van der Waals surface area contributed by atoms with Crippen molar-refractivity contribution in [1.82, 2.24) is 9.97 Å². The molecule has 5 heteroatoms. The molecule has 0 fully saturated rings. The third-order valence-corrected chi connectivity index (χ3v) is 1.69. The molecular formula is C10H8N2O3. The predicted molar refractivity (Wildman–Crippen MR) is 53.0 cm³/mol. The van der Waals surface area contributed by atoms with Gasteiger partial charge in [0, 0.05) is 6.07 Å². The van der Waals surface area contributed by atoms with Crippen molar-refractivity contribution in [3.8, 4) is 17.4 Å². The molecule has 0 radical (unpaired) electrons. The second-order valence-corrected chi connectivity index (χ2v) is 2.85. The summed E-state index contributed by atoms with van der Waals surface area (Å²) in [4.78, 5) is 17.1. The van der Waals surface area contributed by atoms with Crippen LogP contribution in [0.4, 0.5) is 0 Å². The van der Waals surface area contributed by atoms with Crippen molar-refractivity contribution >= 4 is 0 Å². The van der Waals surface area contributed by atoms with Crippen LogP contribution >= 0.6 is 0 Å². The van der Waals surface area contributed by atoms with E-state index in [-0.39, 0.29) is 17.2 Å². The molecule has 0 aliphatic carbocycles. The van der Waals surface area contributed by atoms with Crippen molar-refractivity contribution in [2.24, 2.45) is 0 Å². The minimum Gasteiger partial charge on any atom is -0.508 e. The van der Waals surface area contributed by atoms with Gasteiger partial charge in [-0.25, -0.2) is 4.98 Å². The second kappa shape index (κ2) is 3.83. The maximum Gasteiger partial charge on any atom is 0.254 e. The zero-order chi connectivity index (χ0) is 10.7. The summed E-state index contributed by atoms with van der Waals surface area (Å²) in [5.41, 5.74) is -0.292. The number of nitrogens with one attached hydrogen (secondary N) is 1. The number of hydrogen-bond acceptors (Lipinski definition) is 4. The molecule has 0 saturated carbocycles. The summed E-state index contributed by atoms with van der Waals surface area (Å²) in [5, 5.41) is 9.18. The van der Waals surface area contributed by atoms with Gasteiger partial charge in [-0.2, -0.15) is 0 Å². The summed E-state index contributed by atoms with van der Waals surface area (Å²) < 4.78 is 5.25. The van der Waals surface area contributed by atoms with Gasteiger partial charge in [-0.1, -0.05) is 6.07 Å². The zero-order valence-electron chi connectivity index (χ0n) is 7.68. The number of hydrogen-bond donors (Lipinski definition) is 2. The van der Waals surface area contributed by atoms with Gasteiger partial charge in [0.2, 0.25) is 5.88 Å². The van der Waals surface area contributed by atoms with E-state index in [2.05, 4.69) is 9.97 Å². The molecule has 5 nitrogen and oxygen atoms in total. The van der Waals surface area contributed by atoms with Gasteiger partial charge in [-0.05, 0) is 12.1 Å². The van der Waals surface area contributed by atoms with Crippen LogP contribution in [0.5, 0.6) is 17.4 Å². The third kappa shape index (κ3) is 2.34. The lowest BCUT2D eigenvalue weighted by atomic mass is 10.3. The Morgan fingerprint density at radius 3 is 2.93 bits per heavy atom. The van der Waals surface area contributed by atoms with E-state index in [1.54, 1.807) is 12.1 Å². The second-order valence-electron chi connectivity index (χ2n) is 2.85. The number of rotatable bonds is 2. The molecule has 1 heterocycles. The lowest BCUT2D eigenvalue weighted by Crippen LogP contribution is -2.04. The highest BCUT2D eigenvalue weighted by atomic mass is 16.5. The summed E-state index contributed by atoms with van der Waals surface area (Å²) in [6.07, 6.45) is 1.25. The smallest absolute Gasteiger partial charge is 0.254 e. The fraction of sp³-hybridized carbons (Fsp3) is 0. The molecule has 0 saturated heterocycles. The van der Waals surface area contributed by atoms with E-state index in [9.17, 15) is 9.90 Å². The highest BCUT2D eigenvalue weighted by Gasteiger charge is 1.99. The topological polar surface area (TPSA) is 75.2 Å². The molecule has 15 heavy (non-hydrogen) atoms. The molecule has 0 bridgehead atoms. The van der Waals surface area contributed by atoms with E-state index in [1.807, 2.05) is 0 Å². The minimum absolute atomic E-state index is 0.0948. The first-order valence-electron chi connectivity index (χ1n) is 4.26. The molecule has 0 aliphatic rings. The Morgan fingerprint density at radius 1 is 1.33 bits per heavy atom. The normalized spacial score (nSPS) is 9.87. The summed E-state index contributed by atoms with van der Waals surface area (Å²) in [6, 6.07) is 7.48. The molecule has 2 rings (SSSR count). The quantitative estimate of drug-likeness (QED) is 0.772. The fourth-order valence-corrected chi connectivity index (χ4v) is 1.07. The van der Waals surface area contributed by atoms with Crippen molar-refractivity contribution in [2.45, 2.75) is 0 Å². The van der Waals surface area contributed by atoms with Gasteiger partial charge in [0.25, 0.3) is 5.56 Å². The average Bonchev–Trinajstić information content (AvgIpc) is 2.17. The molecule has 0 atom stereocenters. The van der Waals surface area contributed by atoms with Crippen LogP contribution in [-0.4, -0.2) is 15.1 Å². The summed E-state index contributed by atoms with van der Waals surface area (Å²) in [6.45, 7) is 0. The average molecular weight is 204 g/mol. The van der Waals surface area contributed by atoms with Crippen LogP contribution in [0.2, 0.25) is 0 Å². The van der Waals surface area contributed by atoms with Crippen molar-refractivity contribution < 1.29 is 9.84 Å². The lowest BCUT2D eigenvalue weighted by molar-refractivity contribution is 0.444. The molecule has 0 amide bonds. The Bertz CT molecular complexity index is 522. The van der Waals surface area contributed by atoms with Gasteiger partial charge < -0.3 is 14.8 Å². The summed E-state index contributed by atoms with van der Waals surface area (Å²) in [7, 11) is 0. The van der Waals surface area contributed by atoms with Crippen LogP contribution in [0.3, 0.4) is 0 Å². The standard InChI is InChI=1S/C10H8N2O3/c13-7-2-1-3-8(4-7)15-10-5-9(14)11-6-12-10/h1-6,13H,(H,11,12,14). The zero-order valence-corrected chi connectivity index (χ0v) is 7.68. The Hall–Kier alpha value is -2.30. The maximum atomic E-state index is 10.9. The molecule has 1 aromatic heterocycles. The molecule has 0 unspecified atom stereocenters. The van der Waals surface area contributed by atoms with E-state index < -0.39 is 0 Å². The van der Waals surface area contributed by atoms with Crippen molar-refractivity contribution in [1.29, 1.82) is 0 Å². The molecule has 2 N–H and O–H groups in total. The number of benzene rings is 1. The third-order valence-electron chi connectivity index (χ3n) is 1.69. The molecule has 0 spiro atoms. The van der Waals surface area contributed by atoms with Gasteiger partial charge >= 0.3 is 0 Å². The van der Waals surface area contributed by atoms with Crippen LogP contribution in [0.1, 0.15) is 0 Å². The fourth-order valence-electron chi connectivity index (χ4n) is 1.07. The van der Waals surface area contributed by atoms with Crippen LogP contribution < -0.4 is 10.3 Å². The van der Waals surface area contributed by atoms with Gasteiger partial charge in [0.15, 0.2) is 0 Å². The van der Waals surface area contributed by atoms with Crippen molar-refractivity contribution in [3.05, 3.63) is 47.0 Å². The number of nitrogens with zero attached hydrogens (tertiary/aromatic N) is 1. The number of aromatic hydroxyl groups is 1. The van der Waals surface area contributed by atoms with E-state index in [0.717, 1.165) is 0 Å². The highest BCUT2D eigenvalue weighted by molar-refractivity contribution is 5.33. The van der Waals surface area contributed by atoms with Crippen LogP contribution in [0.15, 0.2) is 41.5 Å². The van der Waals surface area contributed by atoms with Crippen molar-refractivity contribution in [3.63, 3.8) is 0 Å². The van der Waals surface area contributed by atoms with Gasteiger partial charge in [0.05, 0.1) is 12.4 Å². The molecule has 0 aliphatic heterocycles. The van der Waals surface area contributed by atoms with E-state index >= 15 is 0 Å². The Balaban J connectivity index is 2.26. The first-order chi connectivity index (χ1) is 7.24. The van der Waals surface area contributed by atoms with E-state index in [1.165, 1.54) is 24.5 Å². The number of phenols is 1. The van der Waals surface area contributed by atoms with Crippen LogP contribution in [0, 0.1) is 0 Å². The van der Waals surface area contributed by atoms with E-state index in [0.29, 0.717) is 5.75 Å². The SMILES string of the molecule is O=c1cc(Oc2cccc(O)c2)nc[nH]1. The largest absolute Gasteiger partial charge is 0.508 e. The number of phenolic OH excluding ortho intramolecular Hbond substituents is 1. The van der Waals surface area contributed by atoms with Crippen molar-refractivity contribution in [2.75, 3.05) is 0 Å². The Kier molecular flexibility index (Phi) is 2.37. The molecule has 1 aromatic carbocycles. The number of aromatic nitrogens is 2. The predicted octanol–water partition coefficient (Wildman–Crippen LogP) is 1.27. The Morgan fingerprint density at radius 2 is 2.20 bits per heavy atom. The minimum atomic E-state index is -0.292. The maximum absolute atomic E-state index is 10.9. The van der Waals surface area contributed by atoms with E-state index in [4.69, 9.17) is 4.74 Å². The molecule has 76 valence electrons. The lowest BCUT2D eigenvalue weighted by Gasteiger charge is -2.03. The number of ether oxygens (including phenoxy) is 1. The van der Waals surface area contributed by atoms with Crippen LogP contribution in [0.25, 0.3) is 0 Å². The molecular weight excluding hydrogens is 196 g/mol. The van der Waals surface area contributed by atoms with Gasteiger partial charge in [0.1, 0.15) is 11.5 Å². The monoisotopic (exact) mass is 204 g/mol. The van der Waals surface area contributed by atoms with Gasteiger partial charge in [-0.3, -0.25) is 4.79 Å². The number of H-pyrrole nitrogens is 1. The number of aromatic amines is 1. The first kappa shape index (κ1) is 9.26. The first-order valence-corrected chi connectivity index (χ1v) is 4.26. The highest BCUT2D eigenvalue weighted by Crippen LogP contribution is 2.21. The summed E-state index contributed by atoms with van der Waals surface area (Å²) in [5.74, 6) is 0.704. The molecule has 2 aromatic rings. The summed E-state index contributed by atoms with van der Waals surface area (Å²) >= 11 is 0.